The molecule has 1 saturated carbocycles. The van der Waals surface area contributed by atoms with Crippen LogP contribution in [0.3, 0.4) is 0 Å². The highest BCUT2D eigenvalue weighted by atomic mass is 35.5. The number of amides is 2. The molecule has 0 aromatic heterocycles. The second-order valence-corrected chi connectivity index (χ2v) is 7.95. The number of hydrogen-bond donors (Lipinski definition) is 1. The van der Waals surface area contributed by atoms with Gasteiger partial charge in [0.15, 0.2) is 0 Å². The lowest BCUT2D eigenvalue weighted by molar-refractivity contribution is -0.136. The summed E-state index contributed by atoms with van der Waals surface area (Å²) in [5, 5.41) is 3.59. The molecule has 3 fully saturated rings. The van der Waals surface area contributed by atoms with E-state index in [1.807, 2.05) is 4.90 Å². The van der Waals surface area contributed by atoms with E-state index in [0.717, 1.165) is 37.4 Å². The number of nitrogens with zero attached hydrogens (tertiary/aromatic N) is 2. The molecule has 0 spiro atoms. The first-order valence-corrected chi connectivity index (χ1v) is 9.79. The zero-order chi connectivity index (χ0) is 19.0. The van der Waals surface area contributed by atoms with E-state index in [2.05, 4.69) is 5.32 Å². The summed E-state index contributed by atoms with van der Waals surface area (Å²) in [5.41, 5.74) is 0.0414. The van der Waals surface area contributed by atoms with Gasteiger partial charge in [0, 0.05) is 38.2 Å². The van der Waals surface area contributed by atoms with Gasteiger partial charge in [-0.25, -0.2) is 8.78 Å². The molecule has 1 aliphatic carbocycles. The lowest BCUT2D eigenvalue weighted by atomic mass is 10.0. The average molecular weight is 414 g/mol. The van der Waals surface area contributed by atoms with Crippen LogP contribution in [0.1, 0.15) is 32.1 Å². The Balaban J connectivity index is 0.00000225. The Kier molecular flexibility index (Phi) is 6.55. The molecule has 0 bridgehead atoms. The molecule has 1 unspecified atom stereocenters. The average Bonchev–Trinajstić information content (AvgIpc) is 3.41. The first-order valence-electron chi connectivity index (χ1n) is 9.79. The summed E-state index contributed by atoms with van der Waals surface area (Å²) < 4.78 is 27.1. The Hall–Kier alpha value is -1.73. The van der Waals surface area contributed by atoms with Crippen LogP contribution in [0.2, 0.25) is 0 Å². The molecular formula is C20H26ClF2N3O2. The Labute approximate surface area is 169 Å². The lowest BCUT2D eigenvalue weighted by Gasteiger charge is -2.34. The monoisotopic (exact) mass is 413 g/mol. The van der Waals surface area contributed by atoms with Crippen LogP contribution in [0.4, 0.5) is 14.5 Å². The molecule has 5 nitrogen and oxygen atoms in total. The number of carbonyl (C=O) groups excluding carboxylic acids is 2. The van der Waals surface area contributed by atoms with E-state index < -0.39 is 17.6 Å². The third-order valence-corrected chi connectivity index (χ3v) is 5.87. The van der Waals surface area contributed by atoms with E-state index in [0.29, 0.717) is 19.1 Å². The summed E-state index contributed by atoms with van der Waals surface area (Å²) in [6.45, 7) is 2.61. The van der Waals surface area contributed by atoms with Crippen LogP contribution in [-0.2, 0) is 9.59 Å². The van der Waals surface area contributed by atoms with Gasteiger partial charge in [0.05, 0.1) is 11.6 Å². The largest absolute Gasteiger partial charge is 0.342 e. The first-order chi connectivity index (χ1) is 13.0. The first kappa shape index (κ1) is 21.0. The number of likely N-dealkylation sites (tertiary alicyclic amines) is 1. The van der Waals surface area contributed by atoms with Crippen molar-refractivity contribution >= 4 is 29.9 Å². The third kappa shape index (κ3) is 4.63. The van der Waals surface area contributed by atoms with Gasteiger partial charge in [-0.1, -0.05) is 0 Å². The van der Waals surface area contributed by atoms with Gasteiger partial charge in [-0.05, 0) is 50.3 Å². The van der Waals surface area contributed by atoms with E-state index in [1.54, 1.807) is 0 Å². The smallest absolute Gasteiger partial charge is 0.228 e. The Bertz CT molecular complexity index is 736. The normalized spacial score (nSPS) is 23.1. The van der Waals surface area contributed by atoms with Crippen molar-refractivity contribution in [1.29, 1.82) is 0 Å². The van der Waals surface area contributed by atoms with Crippen LogP contribution in [0, 0.1) is 23.5 Å². The van der Waals surface area contributed by atoms with E-state index in [1.165, 1.54) is 23.8 Å². The number of carbonyl (C=O) groups is 2. The van der Waals surface area contributed by atoms with Crippen molar-refractivity contribution in [2.24, 2.45) is 11.8 Å². The molecule has 1 atom stereocenters. The van der Waals surface area contributed by atoms with E-state index in [4.69, 9.17) is 0 Å². The van der Waals surface area contributed by atoms with Crippen molar-refractivity contribution < 1.29 is 18.4 Å². The molecule has 28 heavy (non-hydrogen) atoms. The van der Waals surface area contributed by atoms with Crippen molar-refractivity contribution in [3.05, 3.63) is 29.8 Å². The van der Waals surface area contributed by atoms with Crippen LogP contribution in [0.15, 0.2) is 18.2 Å². The molecule has 3 aliphatic rings. The summed E-state index contributed by atoms with van der Waals surface area (Å²) in [5.74, 6) is -1.41. The second-order valence-electron chi connectivity index (χ2n) is 7.95. The topological polar surface area (TPSA) is 52.7 Å². The van der Waals surface area contributed by atoms with Gasteiger partial charge in [0.1, 0.15) is 11.6 Å². The molecule has 1 aromatic carbocycles. The van der Waals surface area contributed by atoms with E-state index in [-0.39, 0.29) is 42.9 Å². The number of rotatable bonds is 5. The van der Waals surface area contributed by atoms with Crippen LogP contribution < -0.4 is 10.2 Å². The van der Waals surface area contributed by atoms with E-state index in [9.17, 15) is 18.4 Å². The van der Waals surface area contributed by atoms with Gasteiger partial charge in [0.2, 0.25) is 11.8 Å². The van der Waals surface area contributed by atoms with Crippen molar-refractivity contribution in [2.45, 2.75) is 38.1 Å². The molecule has 0 radical (unpaired) electrons. The molecule has 2 heterocycles. The standard InChI is InChI=1S/C20H25F2N3O2.ClH/c21-15-3-4-18(17(22)10-15)25-12-14(9-19(25)26)20(27)24-7-5-16(6-8-24)23-11-13-1-2-13;/h3-4,10,13-14,16,23H,1-2,5-9,11-12H2;1H. The summed E-state index contributed by atoms with van der Waals surface area (Å²) >= 11 is 0. The van der Waals surface area contributed by atoms with Crippen molar-refractivity contribution in [3.63, 3.8) is 0 Å². The fraction of sp³-hybridized carbons (Fsp3) is 0.600. The fourth-order valence-electron chi connectivity index (χ4n) is 4.02. The zero-order valence-corrected chi connectivity index (χ0v) is 16.5. The number of hydrogen-bond acceptors (Lipinski definition) is 3. The number of halogens is 3. The fourth-order valence-corrected chi connectivity index (χ4v) is 4.02. The maximum Gasteiger partial charge on any atom is 0.228 e. The highest BCUT2D eigenvalue weighted by Crippen LogP contribution is 2.30. The maximum atomic E-state index is 14.0. The van der Waals surface area contributed by atoms with Crippen LogP contribution in [-0.4, -0.2) is 48.9 Å². The molecule has 1 N–H and O–H groups in total. The minimum atomic E-state index is -0.779. The van der Waals surface area contributed by atoms with Crippen LogP contribution >= 0.6 is 12.4 Å². The molecular weight excluding hydrogens is 388 g/mol. The van der Waals surface area contributed by atoms with Gasteiger partial charge >= 0.3 is 0 Å². The maximum absolute atomic E-state index is 14.0. The SMILES string of the molecule is Cl.O=C(C1CC(=O)N(c2ccc(F)cc2F)C1)N1CCC(NCC2CC2)CC1. The molecule has 2 amide bonds. The predicted octanol–water partition coefficient (Wildman–Crippen LogP) is 2.73. The van der Waals surface area contributed by atoms with Crippen LogP contribution in [0.5, 0.6) is 0 Å². The van der Waals surface area contributed by atoms with Crippen LogP contribution in [0.25, 0.3) is 0 Å². The lowest BCUT2D eigenvalue weighted by Crippen LogP contribution is -2.47. The van der Waals surface area contributed by atoms with Crippen molar-refractivity contribution in [2.75, 3.05) is 31.1 Å². The van der Waals surface area contributed by atoms with Gasteiger partial charge in [-0.2, -0.15) is 0 Å². The summed E-state index contributed by atoms with van der Waals surface area (Å²) in [4.78, 5) is 28.2. The molecule has 154 valence electrons. The highest BCUT2D eigenvalue weighted by Gasteiger charge is 2.39. The van der Waals surface area contributed by atoms with Crippen molar-refractivity contribution in [1.82, 2.24) is 10.2 Å². The van der Waals surface area contributed by atoms with E-state index >= 15 is 0 Å². The molecule has 2 aliphatic heterocycles. The Morgan fingerprint density at radius 1 is 1.14 bits per heavy atom. The quantitative estimate of drug-likeness (QED) is 0.807. The number of benzene rings is 1. The highest BCUT2D eigenvalue weighted by molar-refractivity contribution is 6.00. The molecule has 1 aromatic rings. The number of piperidine rings is 1. The minimum absolute atomic E-state index is 0. The third-order valence-electron chi connectivity index (χ3n) is 5.87. The van der Waals surface area contributed by atoms with Crippen molar-refractivity contribution in [3.8, 4) is 0 Å². The Morgan fingerprint density at radius 2 is 1.86 bits per heavy atom. The zero-order valence-electron chi connectivity index (χ0n) is 15.7. The number of nitrogens with one attached hydrogen (secondary N) is 1. The minimum Gasteiger partial charge on any atom is -0.342 e. The van der Waals surface area contributed by atoms with Gasteiger partial charge in [-0.3, -0.25) is 9.59 Å². The molecule has 2 saturated heterocycles. The molecule has 4 rings (SSSR count). The Morgan fingerprint density at radius 3 is 2.50 bits per heavy atom. The summed E-state index contributed by atoms with van der Waals surface area (Å²) in [7, 11) is 0. The van der Waals surface area contributed by atoms with Gasteiger partial charge in [0.25, 0.3) is 0 Å². The van der Waals surface area contributed by atoms with Gasteiger partial charge in [-0.15, -0.1) is 12.4 Å². The van der Waals surface area contributed by atoms with Gasteiger partial charge < -0.3 is 15.1 Å². The summed E-state index contributed by atoms with van der Waals surface area (Å²) in [6, 6.07) is 3.61. The molecule has 8 heteroatoms. The predicted molar refractivity (Wildman–Crippen MR) is 104 cm³/mol. The summed E-state index contributed by atoms with van der Waals surface area (Å²) in [6.07, 6.45) is 4.58. The second kappa shape index (κ2) is 8.74. The number of anilines is 1.